The molecule has 0 aromatic rings. The first-order valence-corrected chi connectivity index (χ1v) is 12.3. The van der Waals surface area contributed by atoms with Gasteiger partial charge < -0.3 is 9.05 Å². The number of carbonyl (C=O) groups excluding carboxylic acids is 1. The number of unbranched alkanes of at least 4 members (excludes halogenated alkanes) is 1. The lowest BCUT2D eigenvalue weighted by molar-refractivity contribution is -0.115. The highest BCUT2D eigenvalue weighted by Gasteiger charge is 2.24. The molecule has 0 N–H and O–H groups in total. The molecule has 0 rings (SSSR count). The fourth-order valence-electron chi connectivity index (χ4n) is 2.46. The van der Waals surface area contributed by atoms with Gasteiger partial charge in [0.2, 0.25) is 0 Å². The van der Waals surface area contributed by atoms with Crippen LogP contribution in [0.3, 0.4) is 0 Å². The summed E-state index contributed by atoms with van der Waals surface area (Å²) in [6.45, 7) is 24.1. The summed E-state index contributed by atoms with van der Waals surface area (Å²) < 4.78 is 24.5. The van der Waals surface area contributed by atoms with E-state index >= 15 is 0 Å². The van der Waals surface area contributed by atoms with E-state index in [9.17, 15) is 9.36 Å². The molecule has 0 aromatic heterocycles. The molecule has 4 nitrogen and oxygen atoms in total. The quantitative estimate of drug-likeness (QED) is 0.0754. The van der Waals surface area contributed by atoms with E-state index in [0.29, 0.717) is 37.1 Å². The topological polar surface area (TPSA) is 52.6 Å². The third-order valence-electron chi connectivity index (χ3n) is 4.82. The number of hydrogen-bond donors (Lipinski definition) is 0. The summed E-state index contributed by atoms with van der Waals surface area (Å²) in [5.41, 5.74) is 3.68. The Morgan fingerprint density at radius 3 is 1.86 bits per heavy atom. The number of allylic oxidation sites excluding steroid dienone is 4. The highest BCUT2D eigenvalue weighted by Crippen LogP contribution is 2.49. The van der Waals surface area contributed by atoms with E-state index in [4.69, 9.17) is 9.05 Å². The SMILES string of the molecule is C=C(C)C(=C)CCCOP(=O)(CCCCC(=C)C(C)C)OCCCC(=O)C(=C)C. The van der Waals surface area contributed by atoms with Crippen LogP contribution >= 0.6 is 7.60 Å². The van der Waals surface area contributed by atoms with Crippen LogP contribution in [0.2, 0.25) is 0 Å². The van der Waals surface area contributed by atoms with Gasteiger partial charge in [0.05, 0.1) is 19.4 Å². The molecule has 0 aliphatic rings. The summed E-state index contributed by atoms with van der Waals surface area (Å²) in [6.07, 6.45) is 5.31. The molecular formula is C24H41O4P. The van der Waals surface area contributed by atoms with Crippen molar-refractivity contribution in [3.63, 3.8) is 0 Å². The Bertz CT molecular complexity index is 593. The minimum atomic E-state index is -3.19. The summed E-state index contributed by atoms with van der Waals surface area (Å²) in [5.74, 6) is 0.469. The lowest BCUT2D eigenvalue weighted by Crippen LogP contribution is -2.06. The van der Waals surface area contributed by atoms with Crippen LogP contribution in [0.5, 0.6) is 0 Å². The maximum absolute atomic E-state index is 13.1. The first-order valence-electron chi connectivity index (χ1n) is 10.6. The minimum absolute atomic E-state index is 0.00913. The average Bonchev–Trinajstić information content (AvgIpc) is 2.65. The molecular weight excluding hydrogens is 383 g/mol. The van der Waals surface area contributed by atoms with E-state index in [1.165, 1.54) is 5.57 Å². The summed E-state index contributed by atoms with van der Waals surface area (Å²) in [6, 6.07) is 0. The Balaban J connectivity index is 4.54. The molecule has 0 aliphatic heterocycles. The Kier molecular flexibility index (Phi) is 14.1. The number of carbonyl (C=O) groups is 1. The fourth-order valence-corrected chi connectivity index (χ4v) is 4.22. The molecule has 0 spiro atoms. The molecule has 0 saturated carbocycles. The number of hydrogen-bond acceptors (Lipinski definition) is 4. The van der Waals surface area contributed by atoms with Gasteiger partial charge in [0.1, 0.15) is 0 Å². The van der Waals surface area contributed by atoms with E-state index in [2.05, 4.69) is 40.2 Å². The van der Waals surface area contributed by atoms with Crippen LogP contribution in [0.4, 0.5) is 0 Å². The molecule has 1 unspecified atom stereocenters. The van der Waals surface area contributed by atoms with Gasteiger partial charge in [-0.25, -0.2) is 0 Å². The van der Waals surface area contributed by atoms with Gasteiger partial charge in [-0.05, 0) is 63.9 Å². The van der Waals surface area contributed by atoms with E-state index in [1.807, 2.05) is 6.92 Å². The largest absolute Gasteiger partial charge is 0.330 e. The van der Waals surface area contributed by atoms with Crippen molar-refractivity contribution in [2.45, 2.75) is 72.6 Å². The Morgan fingerprint density at radius 2 is 1.38 bits per heavy atom. The standard InChI is InChI=1S/C24H41O4P/c1-19(2)22(7)13-9-10-18-29(26,27-16-11-14-23(8)20(3)4)28-17-12-15-24(25)21(5)6/h19H,3,5,7-18H2,1-2,4,6H3. The molecule has 0 heterocycles. The average molecular weight is 425 g/mol. The van der Waals surface area contributed by atoms with Crippen molar-refractivity contribution >= 4 is 13.4 Å². The fraction of sp³-hybridized carbons (Fsp3) is 0.625. The monoisotopic (exact) mass is 424 g/mol. The molecule has 0 fully saturated rings. The highest BCUT2D eigenvalue weighted by atomic mass is 31.2. The van der Waals surface area contributed by atoms with Gasteiger partial charge in [-0.3, -0.25) is 9.36 Å². The Morgan fingerprint density at radius 1 is 0.828 bits per heavy atom. The predicted molar refractivity (Wildman–Crippen MR) is 124 cm³/mol. The van der Waals surface area contributed by atoms with Crippen molar-refractivity contribution < 1.29 is 18.4 Å². The number of ketones is 1. The van der Waals surface area contributed by atoms with Gasteiger partial charge in [0.15, 0.2) is 5.78 Å². The van der Waals surface area contributed by atoms with Crippen molar-refractivity contribution in [3.05, 3.63) is 48.6 Å². The molecule has 0 bridgehead atoms. The number of Topliss-reactive ketones (excluding diaryl/α,β-unsaturated/α-hetero) is 1. The van der Waals surface area contributed by atoms with Crippen molar-refractivity contribution in [1.29, 1.82) is 0 Å². The van der Waals surface area contributed by atoms with Crippen LogP contribution in [0.1, 0.15) is 72.6 Å². The van der Waals surface area contributed by atoms with Crippen molar-refractivity contribution in [2.75, 3.05) is 19.4 Å². The molecule has 0 aliphatic carbocycles. The first kappa shape index (κ1) is 27.8. The van der Waals surface area contributed by atoms with Crippen molar-refractivity contribution in [2.24, 2.45) is 5.92 Å². The van der Waals surface area contributed by atoms with E-state index in [-0.39, 0.29) is 12.4 Å². The summed E-state index contributed by atoms with van der Waals surface area (Å²) in [7, 11) is -3.19. The van der Waals surface area contributed by atoms with Gasteiger partial charge in [-0.2, -0.15) is 0 Å². The van der Waals surface area contributed by atoms with Gasteiger partial charge in [-0.15, -0.1) is 0 Å². The molecule has 0 saturated heterocycles. The Labute approximate surface area is 178 Å². The third kappa shape index (κ3) is 13.6. The molecule has 1 atom stereocenters. The molecule has 0 radical (unpaired) electrons. The zero-order chi connectivity index (χ0) is 22.4. The van der Waals surface area contributed by atoms with Crippen LogP contribution in [-0.2, 0) is 18.4 Å². The molecule has 0 amide bonds. The Hall–Kier alpha value is -1.22. The number of rotatable bonds is 18. The first-order chi connectivity index (χ1) is 13.5. The van der Waals surface area contributed by atoms with Crippen LogP contribution < -0.4 is 0 Å². The lowest BCUT2D eigenvalue weighted by Gasteiger charge is -2.19. The zero-order valence-electron chi connectivity index (χ0n) is 19.1. The maximum atomic E-state index is 13.1. The molecule has 0 aromatic carbocycles. The normalized spacial score (nSPS) is 13.1. The third-order valence-corrected chi connectivity index (χ3v) is 6.84. The minimum Gasteiger partial charge on any atom is -0.309 e. The molecule has 29 heavy (non-hydrogen) atoms. The zero-order valence-corrected chi connectivity index (χ0v) is 20.0. The van der Waals surface area contributed by atoms with Crippen LogP contribution in [0.15, 0.2) is 48.6 Å². The second-order valence-electron chi connectivity index (χ2n) is 8.07. The summed E-state index contributed by atoms with van der Waals surface area (Å²) in [4.78, 5) is 11.6. The van der Waals surface area contributed by atoms with Gasteiger partial charge in [0, 0.05) is 6.42 Å². The smallest absolute Gasteiger partial charge is 0.309 e. The van der Waals surface area contributed by atoms with Crippen LogP contribution in [-0.4, -0.2) is 25.2 Å². The second-order valence-corrected chi connectivity index (χ2v) is 10.3. The van der Waals surface area contributed by atoms with E-state index in [0.717, 1.165) is 43.3 Å². The second kappa shape index (κ2) is 14.7. The van der Waals surface area contributed by atoms with E-state index in [1.54, 1.807) is 6.92 Å². The van der Waals surface area contributed by atoms with Gasteiger partial charge in [-0.1, -0.05) is 56.9 Å². The summed E-state index contributed by atoms with van der Waals surface area (Å²) in [5, 5.41) is 0. The molecule has 166 valence electrons. The van der Waals surface area contributed by atoms with Crippen LogP contribution in [0, 0.1) is 5.92 Å². The maximum Gasteiger partial charge on any atom is 0.330 e. The summed E-state index contributed by atoms with van der Waals surface area (Å²) >= 11 is 0. The predicted octanol–water partition coefficient (Wildman–Crippen LogP) is 7.43. The van der Waals surface area contributed by atoms with E-state index < -0.39 is 7.60 Å². The molecule has 5 heteroatoms. The lowest BCUT2D eigenvalue weighted by atomic mass is 10.00. The van der Waals surface area contributed by atoms with Gasteiger partial charge >= 0.3 is 7.60 Å². The van der Waals surface area contributed by atoms with Crippen molar-refractivity contribution in [1.82, 2.24) is 0 Å². The van der Waals surface area contributed by atoms with Crippen molar-refractivity contribution in [3.8, 4) is 0 Å². The van der Waals surface area contributed by atoms with Gasteiger partial charge in [0.25, 0.3) is 0 Å². The van der Waals surface area contributed by atoms with Crippen LogP contribution in [0.25, 0.3) is 0 Å². The highest BCUT2D eigenvalue weighted by molar-refractivity contribution is 7.53.